The van der Waals surface area contributed by atoms with Crippen molar-refractivity contribution in [3.8, 4) is 5.75 Å². The van der Waals surface area contributed by atoms with Gasteiger partial charge in [0.05, 0.1) is 12.2 Å². The van der Waals surface area contributed by atoms with Gasteiger partial charge < -0.3 is 25.0 Å². The molecule has 11 heteroatoms. The first-order valence-corrected chi connectivity index (χ1v) is 14.9. The molecule has 1 aromatic rings. The predicted octanol–water partition coefficient (Wildman–Crippen LogP) is 3.37. The number of carbonyl (C=O) groups is 4. The molecular formula is C28H46N4O6S. The van der Waals surface area contributed by atoms with E-state index in [9.17, 15) is 24.3 Å². The van der Waals surface area contributed by atoms with Crippen molar-refractivity contribution in [3.05, 3.63) is 29.3 Å². The molecule has 1 rings (SSSR count). The Labute approximate surface area is 237 Å². The number of nitrogens with one attached hydrogen (secondary N) is 1. The molecule has 1 aromatic carbocycles. The van der Waals surface area contributed by atoms with Crippen LogP contribution in [0.3, 0.4) is 0 Å². The molecule has 4 amide bonds. The second kappa shape index (κ2) is 19.4. The standard InChI is InChI=1S/C28H46N4O6S/c1-22(34)32(16-11-9-7-6-8-10-15-29-26(35)14-19-39-5)27(36)24-20-23(21-33)12-13-25(24)38-28(37)31(4)18-17-30(2)3/h12-13,20,33H,6-11,14-19,21H2,1-5H3,(H,29,35). The zero-order valence-electron chi connectivity index (χ0n) is 24.2. The quantitative estimate of drug-likeness (QED) is 0.260. The maximum absolute atomic E-state index is 13.4. The Morgan fingerprint density at radius 1 is 0.949 bits per heavy atom. The van der Waals surface area contributed by atoms with Crippen LogP contribution < -0.4 is 10.1 Å². The number of carbonyl (C=O) groups excluding carboxylic acids is 4. The molecule has 0 atom stereocenters. The van der Waals surface area contributed by atoms with Crippen molar-refractivity contribution in [2.75, 3.05) is 59.3 Å². The van der Waals surface area contributed by atoms with Crippen molar-refractivity contribution in [1.29, 1.82) is 0 Å². The molecule has 39 heavy (non-hydrogen) atoms. The lowest BCUT2D eigenvalue weighted by molar-refractivity contribution is -0.126. The lowest BCUT2D eigenvalue weighted by atomic mass is 10.1. The predicted molar refractivity (Wildman–Crippen MR) is 155 cm³/mol. The molecule has 0 aliphatic carbocycles. The van der Waals surface area contributed by atoms with Crippen LogP contribution in [0.2, 0.25) is 0 Å². The minimum atomic E-state index is -0.614. The fourth-order valence-corrected chi connectivity index (χ4v) is 4.09. The molecule has 220 valence electrons. The van der Waals surface area contributed by atoms with E-state index in [1.165, 1.54) is 24.0 Å². The van der Waals surface area contributed by atoms with Crippen molar-refractivity contribution >= 4 is 35.6 Å². The largest absolute Gasteiger partial charge is 0.415 e. The second-order valence-corrected chi connectivity index (χ2v) is 10.8. The molecule has 0 bridgehead atoms. The van der Waals surface area contributed by atoms with E-state index in [4.69, 9.17) is 4.74 Å². The Bertz CT molecular complexity index is 927. The first-order chi connectivity index (χ1) is 18.6. The SMILES string of the molecule is CSCCC(=O)NCCCCCCCCN(C(C)=O)C(=O)c1cc(CO)ccc1OC(=O)N(C)CCN(C)C. The summed E-state index contributed by atoms with van der Waals surface area (Å²) in [6, 6.07) is 4.51. The molecule has 0 aliphatic rings. The molecular weight excluding hydrogens is 520 g/mol. The summed E-state index contributed by atoms with van der Waals surface area (Å²) in [5.74, 6) is 0.0166. The highest BCUT2D eigenvalue weighted by Gasteiger charge is 2.25. The van der Waals surface area contributed by atoms with Crippen LogP contribution in [0, 0.1) is 0 Å². The van der Waals surface area contributed by atoms with E-state index in [0.29, 0.717) is 38.0 Å². The highest BCUT2D eigenvalue weighted by molar-refractivity contribution is 7.98. The molecule has 0 aliphatic heterocycles. The highest BCUT2D eigenvalue weighted by Crippen LogP contribution is 2.24. The summed E-state index contributed by atoms with van der Waals surface area (Å²) < 4.78 is 5.51. The van der Waals surface area contributed by atoms with E-state index in [1.807, 2.05) is 25.3 Å². The van der Waals surface area contributed by atoms with Gasteiger partial charge in [-0.05, 0) is 50.9 Å². The van der Waals surface area contributed by atoms with Crippen molar-refractivity contribution in [2.24, 2.45) is 0 Å². The monoisotopic (exact) mass is 566 g/mol. The summed E-state index contributed by atoms with van der Waals surface area (Å²) in [4.78, 5) is 54.5. The van der Waals surface area contributed by atoms with Gasteiger partial charge in [0.2, 0.25) is 11.8 Å². The Hall–Kier alpha value is -2.63. The number of amides is 4. The number of nitrogens with zero attached hydrogens (tertiary/aromatic N) is 3. The van der Waals surface area contributed by atoms with Crippen molar-refractivity contribution in [2.45, 2.75) is 58.5 Å². The summed E-state index contributed by atoms with van der Waals surface area (Å²) in [6.07, 6.45) is 7.32. The number of imide groups is 1. The number of hydrogen-bond donors (Lipinski definition) is 2. The first-order valence-electron chi connectivity index (χ1n) is 13.5. The van der Waals surface area contributed by atoms with Gasteiger partial charge in [-0.2, -0.15) is 11.8 Å². The average Bonchev–Trinajstić information content (AvgIpc) is 2.91. The average molecular weight is 567 g/mol. The third kappa shape index (κ3) is 13.8. The fraction of sp³-hybridized carbons (Fsp3) is 0.643. The molecule has 0 fully saturated rings. The van der Waals surface area contributed by atoms with Crippen LogP contribution in [0.15, 0.2) is 18.2 Å². The summed E-state index contributed by atoms with van der Waals surface area (Å²) in [5.41, 5.74) is 0.536. The van der Waals surface area contributed by atoms with E-state index >= 15 is 0 Å². The van der Waals surface area contributed by atoms with Crippen LogP contribution in [0.25, 0.3) is 0 Å². The number of aliphatic hydroxyl groups is 1. The fourth-order valence-electron chi connectivity index (χ4n) is 3.71. The smallest absolute Gasteiger partial charge is 0.409 e. The number of benzene rings is 1. The Kier molecular flexibility index (Phi) is 17.1. The number of rotatable bonds is 18. The number of aliphatic hydroxyl groups excluding tert-OH is 1. The first kappa shape index (κ1) is 34.4. The number of unbranched alkanes of at least 4 members (excludes halogenated alkanes) is 5. The van der Waals surface area contributed by atoms with Crippen LogP contribution >= 0.6 is 11.8 Å². The summed E-state index contributed by atoms with van der Waals surface area (Å²) in [6.45, 7) is 3.06. The van der Waals surface area contributed by atoms with Crippen molar-refractivity contribution in [3.63, 3.8) is 0 Å². The number of hydrogen-bond acceptors (Lipinski definition) is 8. The van der Waals surface area contributed by atoms with Gasteiger partial charge in [0.25, 0.3) is 5.91 Å². The zero-order chi connectivity index (χ0) is 29.2. The van der Waals surface area contributed by atoms with Crippen molar-refractivity contribution < 1.29 is 29.0 Å². The Balaban J connectivity index is 2.65. The summed E-state index contributed by atoms with van der Waals surface area (Å²) in [5, 5.41) is 12.5. The van der Waals surface area contributed by atoms with Crippen LogP contribution in [-0.2, 0) is 16.2 Å². The minimum absolute atomic E-state index is 0.0469. The number of thioether (sulfide) groups is 1. The van der Waals surface area contributed by atoms with E-state index in [0.717, 1.165) is 42.8 Å². The third-order valence-electron chi connectivity index (χ3n) is 6.14. The van der Waals surface area contributed by atoms with Crippen LogP contribution in [-0.4, -0.2) is 103 Å². The molecule has 0 saturated carbocycles. The van der Waals surface area contributed by atoms with Gasteiger partial charge in [0.15, 0.2) is 0 Å². The molecule has 2 N–H and O–H groups in total. The minimum Gasteiger partial charge on any atom is -0.409 e. The Morgan fingerprint density at radius 3 is 2.23 bits per heavy atom. The van der Waals surface area contributed by atoms with E-state index in [2.05, 4.69) is 5.32 Å². The van der Waals surface area contributed by atoms with E-state index in [1.54, 1.807) is 24.9 Å². The Morgan fingerprint density at radius 2 is 1.62 bits per heavy atom. The lowest BCUT2D eigenvalue weighted by Gasteiger charge is -2.22. The molecule has 0 aromatic heterocycles. The van der Waals surface area contributed by atoms with Crippen molar-refractivity contribution in [1.82, 2.24) is 20.0 Å². The number of likely N-dealkylation sites (N-methyl/N-ethyl adjacent to an activating group) is 2. The van der Waals surface area contributed by atoms with Gasteiger partial charge in [0, 0.05) is 52.3 Å². The van der Waals surface area contributed by atoms with Crippen LogP contribution in [0.4, 0.5) is 4.79 Å². The normalized spacial score (nSPS) is 10.8. The van der Waals surface area contributed by atoms with E-state index < -0.39 is 17.9 Å². The zero-order valence-corrected chi connectivity index (χ0v) is 25.0. The van der Waals surface area contributed by atoms with Gasteiger partial charge in [0.1, 0.15) is 5.75 Å². The van der Waals surface area contributed by atoms with Gasteiger partial charge in [-0.15, -0.1) is 0 Å². The van der Waals surface area contributed by atoms with Crippen LogP contribution in [0.1, 0.15) is 67.8 Å². The lowest BCUT2D eigenvalue weighted by Crippen LogP contribution is -2.37. The molecule has 0 saturated heterocycles. The van der Waals surface area contributed by atoms with Gasteiger partial charge in [-0.25, -0.2) is 4.79 Å². The molecule has 0 unspecified atom stereocenters. The highest BCUT2D eigenvalue weighted by atomic mass is 32.2. The van der Waals surface area contributed by atoms with E-state index in [-0.39, 0.29) is 30.4 Å². The van der Waals surface area contributed by atoms with Gasteiger partial charge in [-0.3, -0.25) is 19.3 Å². The molecule has 0 heterocycles. The number of ether oxygens (including phenoxy) is 1. The summed E-state index contributed by atoms with van der Waals surface area (Å²) in [7, 11) is 5.41. The maximum Gasteiger partial charge on any atom is 0.415 e. The van der Waals surface area contributed by atoms with Gasteiger partial charge in [-0.1, -0.05) is 31.7 Å². The molecule has 0 radical (unpaired) electrons. The van der Waals surface area contributed by atoms with Crippen LogP contribution in [0.5, 0.6) is 5.75 Å². The molecule has 0 spiro atoms. The topological polar surface area (TPSA) is 119 Å². The third-order valence-corrected chi connectivity index (χ3v) is 6.75. The maximum atomic E-state index is 13.4. The summed E-state index contributed by atoms with van der Waals surface area (Å²) >= 11 is 1.66. The molecule has 10 nitrogen and oxygen atoms in total. The van der Waals surface area contributed by atoms with Gasteiger partial charge >= 0.3 is 6.09 Å². The second-order valence-electron chi connectivity index (χ2n) is 9.77.